The number of methoxy groups -OCH3 is 2. The van der Waals surface area contributed by atoms with E-state index in [1.807, 2.05) is 18.2 Å². The Morgan fingerprint density at radius 2 is 2.22 bits per heavy atom. The third kappa shape index (κ3) is 4.76. The van der Waals surface area contributed by atoms with Gasteiger partial charge >= 0.3 is 0 Å². The minimum absolute atomic E-state index is 0.578. The zero-order chi connectivity index (χ0) is 16.7. The van der Waals surface area contributed by atoms with Crippen LogP contribution in [0.4, 0.5) is 0 Å². The lowest BCUT2D eigenvalue weighted by molar-refractivity contribution is 0.181. The highest BCUT2D eigenvalue weighted by Gasteiger charge is 2.19. The molecule has 1 aliphatic heterocycles. The molecule has 0 amide bonds. The molecule has 1 atom stereocenters. The molecule has 1 saturated heterocycles. The maximum absolute atomic E-state index is 5.44. The molecule has 0 aromatic heterocycles. The van der Waals surface area contributed by atoms with Crippen LogP contribution in [0, 0.1) is 5.92 Å². The molecular formula is C17H27N3O3. The van der Waals surface area contributed by atoms with Crippen molar-refractivity contribution in [1.82, 2.24) is 10.2 Å². The predicted molar refractivity (Wildman–Crippen MR) is 91.3 cm³/mol. The van der Waals surface area contributed by atoms with Gasteiger partial charge < -0.3 is 24.4 Å². The van der Waals surface area contributed by atoms with E-state index in [1.54, 1.807) is 21.3 Å². The normalized spacial score (nSPS) is 17.9. The SMILES string of the molecule is CN=C(NCc1ccc(OC)cc1OC)N(C)CC1CCOC1. The number of aliphatic imine (C=N–C) groups is 1. The maximum Gasteiger partial charge on any atom is 0.193 e. The summed E-state index contributed by atoms with van der Waals surface area (Å²) in [6.45, 7) is 3.30. The number of nitrogens with one attached hydrogen (secondary N) is 1. The minimum atomic E-state index is 0.578. The Bertz CT molecular complexity index is 528. The Labute approximate surface area is 138 Å². The Kier molecular flexibility index (Phi) is 6.52. The van der Waals surface area contributed by atoms with Gasteiger partial charge in [0.05, 0.1) is 20.8 Å². The maximum atomic E-state index is 5.44. The lowest BCUT2D eigenvalue weighted by Gasteiger charge is -2.24. The summed E-state index contributed by atoms with van der Waals surface area (Å²) in [6.07, 6.45) is 1.12. The fourth-order valence-electron chi connectivity index (χ4n) is 2.76. The standard InChI is InChI=1S/C17H27N3O3/c1-18-17(20(2)11-13-7-8-23-12-13)19-10-14-5-6-15(21-3)9-16(14)22-4/h5-6,9,13H,7-8,10-12H2,1-4H3,(H,18,19). The molecule has 1 unspecified atom stereocenters. The van der Waals surface area contributed by atoms with Gasteiger partial charge in [-0.25, -0.2) is 0 Å². The van der Waals surface area contributed by atoms with E-state index in [2.05, 4.69) is 22.3 Å². The molecule has 6 nitrogen and oxygen atoms in total. The monoisotopic (exact) mass is 321 g/mol. The highest BCUT2D eigenvalue weighted by atomic mass is 16.5. The van der Waals surface area contributed by atoms with Gasteiger partial charge in [-0.1, -0.05) is 0 Å². The van der Waals surface area contributed by atoms with E-state index < -0.39 is 0 Å². The molecule has 0 aliphatic carbocycles. The minimum Gasteiger partial charge on any atom is -0.497 e. The summed E-state index contributed by atoms with van der Waals surface area (Å²) in [5.41, 5.74) is 1.06. The number of hydrogen-bond acceptors (Lipinski definition) is 4. The first-order chi connectivity index (χ1) is 11.2. The van der Waals surface area contributed by atoms with Crippen molar-refractivity contribution in [2.45, 2.75) is 13.0 Å². The molecule has 0 saturated carbocycles. The molecule has 1 heterocycles. The van der Waals surface area contributed by atoms with Crippen LogP contribution >= 0.6 is 0 Å². The molecular weight excluding hydrogens is 294 g/mol. The summed E-state index contributed by atoms with van der Waals surface area (Å²) < 4.78 is 16.1. The number of rotatable bonds is 6. The van der Waals surface area contributed by atoms with E-state index in [4.69, 9.17) is 14.2 Å². The summed E-state index contributed by atoms with van der Waals surface area (Å²) >= 11 is 0. The van der Waals surface area contributed by atoms with Crippen LogP contribution < -0.4 is 14.8 Å². The Morgan fingerprint density at radius 3 is 2.83 bits per heavy atom. The quantitative estimate of drug-likeness (QED) is 0.639. The average molecular weight is 321 g/mol. The zero-order valence-electron chi connectivity index (χ0n) is 14.5. The third-order valence-corrected chi connectivity index (χ3v) is 4.06. The first-order valence-electron chi connectivity index (χ1n) is 7.88. The number of benzene rings is 1. The molecule has 2 rings (SSSR count). The predicted octanol–water partition coefficient (Wildman–Crippen LogP) is 1.75. The molecule has 1 aliphatic rings. The van der Waals surface area contributed by atoms with Gasteiger partial charge in [-0.05, 0) is 18.6 Å². The first kappa shape index (κ1) is 17.4. The summed E-state index contributed by atoms with van der Waals surface area (Å²) in [4.78, 5) is 6.51. The Morgan fingerprint density at radius 1 is 1.39 bits per heavy atom. The van der Waals surface area contributed by atoms with Crippen LogP contribution in [0.25, 0.3) is 0 Å². The van der Waals surface area contributed by atoms with Gasteiger partial charge in [-0.2, -0.15) is 0 Å². The smallest absolute Gasteiger partial charge is 0.193 e. The van der Waals surface area contributed by atoms with Crippen molar-refractivity contribution in [3.05, 3.63) is 23.8 Å². The lowest BCUT2D eigenvalue weighted by atomic mass is 10.1. The van der Waals surface area contributed by atoms with Gasteiger partial charge in [-0.3, -0.25) is 4.99 Å². The largest absolute Gasteiger partial charge is 0.497 e. The summed E-state index contributed by atoms with van der Waals surface area (Å²) in [5, 5.41) is 3.39. The summed E-state index contributed by atoms with van der Waals surface area (Å²) in [7, 11) is 7.17. The van der Waals surface area contributed by atoms with Crippen LogP contribution in [-0.4, -0.2) is 58.9 Å². The van der Waals surface area contributed by atoms with Crippen molar-refractivity contribution in [2.24, 2.45) is 10.9 Å². The van der Waals surface area contributed by atoms with E-state index in [1.165, 1.54) is 0 Å². The molecule has 6 heteroatoms. The van der Waals surface area contributed by atoms with Crippen LogP contribution in [0.15, 0.2) is 23.2 Å². The van der Waals surface area contributed by atoms with Crippen LogP contribution in [0.1, 0.15) is 12.0 Å². The lowest BCUT2D eigenvalue weighted by Crippen LogP contribution is -2.41. The third-order valence-electron chi connectivity index (χ3n) is 4.06. The van der Waals surface area contributed by atoms with E-state index in [-0.39, 0.29) is 0 Å². The zero-order valence-corrected chi connectivity index (χ0v) is 14.5. The number of guanidine groups is 1. The van der Waals surface area contributed by atoms with Crippen molar-refractivity contribution >= 4 is 5.96 Å². The van der Waals surface area contributed by atoms with Gasteiger partial charge in [0.1, 0.15) is 11.5 Å². The summed E-state index contributed by atoms with van der Waals surface area (Å²) in [6, 6.07) is 5.82. The van der Waals surface area contributed by atoms with Gasteiger partial charge in [0, 0.05) is 51.3 Å². The van der Waals surface area contributed by atoms with E-state index in [0.29, 0.717) is 12.5 Å². The fourth-order valence-corrected chi connectivity index (χ4v) is 2.76. The molecule has 1 fully saturated rings. The molecule has 1 aromatic rings. The Hall–Kier alpha value is -1.95. The van der Waals surface area contributed by atoms with E-state index in [0.717, 1.165) is 49.2 Å². The molecule has 1 aromatic carbocycles. The molecule has 0 bridgehead atoms. The highest BCUT2D eigenvalue weighted by Crippen LogP contribution is 2.24. The van der Waals surface area contributed by atoms with Crippen molar-refractivity contribution in [3.8, 4) is 11.5 Å². The van der Waals surface area contributed by atoms with Crippen molar-refractivity contribution < 1.29 is 14.2 Å². The average Bonchev–Trinajstić information content (AvgIpc) is 3.08. The summed E-state index contributed by atoms with van der Waals surface area (Å²) in [5.74, 6) is 3.04. The molecule has 128 valence electrons. The van der Waals surface area contributed by atoms with Crippen molar-refractivity contribution in [1.29, 1.82) is 0 Å². The van der Waals surface area contributed by atoms with Crippen molar-refractivity contribution in [2.75, 3.05) is 48.1 Å². The number of nitrogens with zero attached hydrogens (tertiary/aromatic N) is 2. The van der Waals surface area contributed by atoms with Gasteiger partial charge in [-0.15, -0.1) is 0 Å². The molecule has 0 radical (unpaired) electrons. The fraction of sp³-hybridized carbons (Fsp3) is 0.588. The molecule has 23 heavy (non-hydrogen) atoms. The molecule has 1 N–H and O–H groups in total. The van der Waals surface area contributed by atoms with Crippen LogP contribution in [0.3, 0.4) is 0 Å². The second kappa shape index (κ2) is 8.62. The topological polar surface area (TPSA) is 55.3 Å². The first-order valence-corrected chi connectivity index (χ1v) is 7.88. The van der Waals surface area contributed by atoms with E-state index in [9.17, 15) is 0 Å². The van der Waals surface area contributed by atoms with Crippen LogP contribution in [-0.2, 0) is 11.3 Å². The van der Waals surface area contributed by atoms with E-state index >= 15 is 0 Å². The van der Waals surface area contributed by atoms with Crippen LogP contribution in [0.2, 0.25) is 0 Å². The van der Waals surface area contributed by atoms with Crippen molar-refractivity contribution in [3.63, 3.8) is 0 Å². The second-order valence-corrected chi connectivity index (χ2v) is 5.69. The number of hydrogen-bond donors (Lipinski definition) is 1. The number of ether oxygens (including phenoxy) is 3. The Balaban J connectivity index is 1.94. The van der Waals surface area contributed by atoms with Gasteiger partial charge in [0.25, 0.3) is 0 Å². The van der Waals surface area contributed by atoms with Gasteiger partial charge in [0.15, 0.2) is 5.96 Å². The second-order valence-electron chi connectivity index (χ2n) is 5.69. The highest BCUT2D eigenvalue weighted by molar-refractivity contribution is 5.79. The molecule has 0 spiro atoms. The van der Waals surface area contributed by atoms with Crippen LogP contribution in [0.5, 0.6) is 11.5 Å². The van der Waals surface area contributed by atoms with Gasteiger partial charge in [0.2, 0.25) is 0 Å².